The number of alkyl halides is 3. The maximum absolute atomic E-state index is 13.3. The second kappa shape index (κ2) is 8.00. The molecule has 1 heterocycles. The van der Waals surface area contributed by atoms with Crippen molar-refractivity contribution >= 4 is 28.2 Å². The summed E-state index contributed by atoms with van der Waals surface area (Å²) in [6, 6.07) is 1.82. The van der Waals surface area contributed by atoms with Crippen LogP contribution in [0.2, 0.25) is 0 Å². The fourth-order valence-corrected chi connectivity index (χ4v) is 2.65. The monoisotopic (exact) mass is 390 g/mol. The molecule has 142 valence electrons. The summed E-state index contributed by atoms with van der Waals surface area (Å²) in [6.07, 6.45) is -4.84. The molecule has 0 saturated carbocycles. The molecule has 0 saturated heterocycles. The highest BCUT2D eigenvalue weighted by Gasteiger charge is 2.34. The van der Waals surface area contributed by atoms with E-state index < -0.39 is 23.6 Å². The molecule has 1 aromatic heterocycles. The maximum atomic E-state index is 13.3. The molecule has 26 heavy (non-hydrogen) atoms. The van der Waals surface area contributed by atoms with Crippen LogP contribution in [0.3, 0.4) is 0 Å². The number of urea groups is 1. The van der Waals surface area contributed by atoms with Crippen LogP contribution in [0, 0.1) is 5.82 Å². The van der Waals surface area contributed by atoms with Gasteiger partial charge in [0.1, 0.15) is 5.82 Å². The standard InChI is InChI=1S/C16H18F4N4OS/c1-9(2)24(3)7-11-8-26-15(22-11)23-14(25)21-10-4-5-13(17)12(6-10)16(18,19)20/h4-6,8-9H,7H2,1-3H3,(H2,21,22,23,25). The van der Waals surface area contributed by atoms with E-state index in [-0.39, 0.29) is 5.69 Å². The molecule has 10 heteroatoms. The van der Waals surface area contributed by atoms with E-state index in [0.717, 1.165) is 11.8 Å². The summed E-state index contributed by atoms with van der Waals surface area (Å²) in [5.41, 5.74) is -0.848. The number of anilines is 2. The Morgan fingerprint density at radius 1 is 1.31 bits per heavy atom. The third-order valence-electron chi connectivity index (χ3n) is 3.59. The van der Waals surface area contributed by atoms with Crippen LogP contribution in [0.1, 0.15) is 25.1 Å². The summed E-state index contributed by atoms with van der Waals surface area (Å²) in [6.45, 7) is 4.68. The van der Waals surface area contributed by atoms with Crippen molar-refractivity contribution in [2.75, 3.05) is 17.7 Å². The molecule has 0 bridgehead atoms. The molecule has 0 aliphatic heterocycles. The fourth-order valence-electron chi connectivity index (χ4n) is 1.95. The quantitative estimate of drug-likeness (QED) is 0.722. The van der Waals surface area contributed by atoms with E-state index >= 15 is 0 Å². The molecular weight excluding hydrogens is 372 g/mol. The first kappa shape index (κ1) is 20.1. The number of aromatic nitrogens is 1. The van der Waals surface area contributed by atoms with Crippen LogP contribution in [0.25, 0.3) is 0 Å². The summed E-state index contributed by atoms with van der Waals surface area (Å²) >= 11 is 1.20. The van der Waals surface area contributed by atoms with E-state index in [2.05, 4.69) is 20.5 Å². The van der Waals surface area contributed by atoms with Gasteiger partial charge in [-0.3, -0.25) is 10.2 Å². The lowest BCUT2D eigenvalue weighted by Gasteiger charge is -2.19. The second-order valence-electron chi connectivity index (χ2n) is 5.92. The Kier molecular flexibility index (Phi) is 6.19. The summed E-state index contributed by atoms with van der Waals surface area (Å²) in [5, 5.41) is 6.79. The van der Waals surface area contributed by atoms with E-state index in [1.807, 2.05) is 20.9 Å². The highest BCUT2D eigenvalue weighted by atomic mass is 32.1. The number of nitrogens with one attached hydrogen (secondary N) is 2. The van der Waals surface area contributed by atoms with Crippen molar-refractivity contribution in [3.63, 3.8) is 0 Å². The number of halogens is 4. The van der Waals surface area contributed by atoms with Crippen molar-refractivity contribution in [3.05, 3.63) is 40.7 Å². The van der Waals surface area contributed by atoms with Gasteiger partial charge < -0.3 is 5.32 Å². The van der Waals surface area contributed by atoms with Gasteiger partial charge in [0.2, 0.25) is 0 Å². The van der Waals surface area contributed by atoms with Crippen molar-refractivity contribution in [1.29, 1.82) is 0 Å². The Balaban J connectivity index is 2.00. The highest BCUT2D eigenvalue weighted by molar-refractivity contribution is 7.13. The predicted octanol–water partition coefficient (Wildman–Crippen LogP) is 4.79. The molecule has 2 aromatic rings. The average molecular weight is 390 g/mol. The number of nitrogens with zero attached hydrogens (tertiary/aromatic N) is 2. The van der Waals surface area contributed by atoms with E-state index in [1.165, 1.54) is 11.3 Å². The van der Waals surface area contributed by atoms with Gasteiger partial charge in [0.25, 0.3) is 0 Å². The maximum Gasteiger partial charge on any atom is 0.419 e. The van der Waals surface area contributed by atoms with Crippen LogP contribution in [0.5, 0.6) is 0 Å². The van der Waals surface area contributed by atoms with Gasteiger partial charge in [-0.15, -0.1) is 11.3 Å². The number of hydrogen-bond acceptors (Lipinski definition) is 4. The van der Waals surface area contributed by atoms with Gasteiger partial charge in [-0.05, 0) is 39.1 Å². The first-order valence-corrected chi connectivity index (χ1v) is 8.53. The Labute approximate surface area is 152 Å². The lowest BCUT2D eigenvalue weighted by atomic mass is 10.2. The van der Waals surface area contributed by atoms with Crippen LogP contribution in [-0.2, 0) is 12.7 Å². The molecule has 1 aromatic carbocycles. The first-order chi connectivity index (χ1) is 12.1. The summed E-state index contributed by atoms with van der Waals surface area (Å²) < 4.78 is 51.3. The first-order valence-electron chi connectivity index (χ1n) is 7.65. The number of thiazole rings is 1. The number of hydrogen-bond donors (Lipinski definition) is 2. The number of amides is 2. The van der Waals surface area contributed by atoms with Crippen LogP contribution in [0.4, 0.5) is 33.2 Å². The summed E-state index contributed by atoms with van der Waals surface area (Å²) in [7, 11) is 1.94. The zero-order valence-electron chi connectivity index (χ0n) is 14.3. The molecule has 2 N–H and O–H groups in total. The molecule has 0 unspecified atom stereocenters. The molecular formula is C16H18F4N4OS. The summed E-state index contributed by atoms with van der Waals surface area (Å²) in [4.78, 5) is 18.2. The molecule has 0 aliphatic carbocycles. The van der Waals surface area contributed by atoms with Crippen molar-refractivity contribution in [2.24, 2.45) is 0 Å². The largest absolute Gasteiger partial charge is 0.419 e. The van der Waals surface area contributed by atoms with Crippen LogP contribution in [-0.4, -0.2) is 29.0 Å². The number of carbonyl (C=O) groups excluding carboxylic acids is 1. The van der Waals surface area contributed by atoms with Gasteiger partial charge in [0.05, 0.1) is 11.3 Å². The Hall–Kier alpha value is -2.20. The van der Waals surface area contributed by atoms with Gasteiger partial charge >= 0.3 is 12.2 Å². The number of carbonyl (C=O) groups is 1. The van der Waals surface area contributed by atoms with Crippen LogP contribution >= 0.6 is 11.3 Å². The topological polar surface area (TPSA) is 57.3 Å². The molecule has 0 aliphatic rings. The fraction of sp³-hybridized carbons (Fsp3) is 0.375. The van der Waals surface area contributed by atoms with Gasteiger partial charge in [-0.1, -0.05) is 0 Å². The average Bonchev–Trinajstić information content (AvgIpc) is 2.94. The number of benzene rings is 1. The third kappa shape index (κ3) is 5.40. The van der Waals surface area contributed by atoms with Crippen LogP contribution in [0.15, 0.2) is 23.6 Å². The third-order valence-corrected chi connectivity index (χ3v) is 4.40. The van der Waals surface area contributed by atoms with Crippen molar-refractivity contribution in [3.8, 4) is 0 Å². The van der Waals surface area contributed by atoms with Crippen molar-refractivity contribution in [1.82, 2.24) is 9.88 Å². The molecule has 5 nitrogen and oxygen atoms in total. The van der Waals surface area contributed by atoms with Gasteiger partial charge in [-0.2, -0.15) is 13.2 Å². The second-order valence-corrected chi connectivity index (χ2v) is 6.78. The highest BCUT2D eigenvalue weighted by Crippen LogP contribution is 2.33. The van der Waals surface area contributed by atoms with E-state index in [9.17, 15) is 22.4 Å². The van der Waals surface area contributed by atoms with Crippen LogP contribution < -0.4 is 10.6 Å². The molecule has 0 spiro atoms. The SMILES string of the molecule is CC(C)N(C)Cc1csc(NC(=O)Nc2ccc(F)c(C(F)(F)F)c2)n1. The Bertz CT molecular complexity index is 776. The zero-order chi connectivity index (χ0) is 19.5. The van der Waals surface area contributed by atoms with E-state index in [4.69, 9.17) is 0 Å². The van der Waals surface area contributed by atoms with Gasteiger partial charge in [-0.25, -0.2) is 14.2 Å². The summed E-state index contributed by atoms with van der Waals surface area (Å²) in [5.74, 6) is -1.40. The smallest absolute Gasteiger partial charge is 0.308 e. The Morgan fingerprint density at radius 2 is 2.00 bits per heavy atom. The van der Waals surface area contributed by atoms with E-state index in [0.29, 0.717) is 29.9 Å². The number of rotatable bonds is 5. The molecule has 2 rings (SSSR count). The zero-order valence-corrected chi connectivity index (χ0v) is 15.1. The minimum Gasteiger partial charge on any atom is -0.308 e. The molecule has 2 amide bonds. The Morgan fingerprint density at radius 3 is 2.62 bits per heavy atom. The van der Waals surface area contributed by atoms with E-state index in [1.54, 1.807) is 5.38 Å². The molecule has 0 atom stereocenters. The lowest BCUT2D eigenvalue weighted by molar-refractivity contribution is -0.139. The minimum absolute atomic E-state index is 0.174. The molecule has 0 fully saturated rings. The molecule has 0 radical (unpaired) electrons. The van der Waals surface area contributed by atoms with Gasteiger partial charge in [0, 0.05) is 23.7 Å². The van der Waals surface area contributed by atoms with Crippen molar-refractivity contribution in [2.45, 2.75) is 32.6 Å². The predicted molar refractivity (Wildman–Crippen MR) is 92.8 cm³/mol. The minimum atomic E-state index is -4.84. The van der Waals surface area contributed by atoms with Gasteiger partial charge in [0.15, 0.2) is 5.13 Å². The normalized spacial score (nSPS) is 11.9. The lowest BCUT2D eigenvalue weighted by Crippen LogP contribution is -2.25. The van der Waals surface area contributed by atoms with Crippen molar-refractivity contribution < 1.29 is 22.4 Å².